The Bertz CT molecular complexity index is 920. The van der Waals surface area contributed by atoms with Crippen LogP contribution in [0.5, 0.6) is 0 Å². The molecule has 1 saturated heterocycles. The highest BCUT2D eigenvalue weighted by atomic mass is 32.2. The molecule has 1 aliphatic heterocycles. The first-order valence-electron chi connectivity index (χ1n) is 12.1. The monoisotopic (exact) mass is 507 g/mol. The average molecular weight is 508 g/mol. The second-order valence-corrected chi connectivity index (χ2v) is 11.5. The van der Waals surface area contributed by atoms with Crippen molar-refractivity contribution >= 4 is 34.3 Å². The number of ether oxygens (including phenoxy) is 1. The Morgan fingerprint density at radius 3 is 2.53 bits per heavy atom. The Morgan fingerprint density at radius 2 is 1.94 bits per heavy atom. The van der Waals surface area contributed by atoms with Crippen molar-refractivity contribution < 1.29 is 13.7 Å². The van der Waals surface area contributed by atoms with Gasteiger partial charge in [-0.15, -0.1) is 0 Å². The highest BCUT2D eigenvalue weighted by Gasteiger charge is 2.23. The van der Waals surface area contributed by atoms with Crippen LogP contribution in [0, 0.1) is 0 Å². The second-order valence-electron chi connectivity index (χ2n) is 8.81. The van der Waals surface area contributed by atoms with Crippen LogP contribution < -0.4 is 10.2 Å². The number of allylic oxidation sites excluding steroid dienone is 3. The maximum absolute atomic E-state index is 13.6. The summed E-state index contributed by atoms with van der Waals surface area (Å²) in [5.74, 6) is -0.180. The largest absolute Gasteiger partial charge is 0.379 e. The van der Waals surface area contributed by atoms with Gasteiger partial charge in [-0.25, -0.2) is 8.51 Å². The first-order chi connectivity index (χ1) is 16.2. The number of carbonyl (C=O) groups excluding carboxylic acids is 1. The van der Waals surface area contributed by atoms with Gasteiger partial charge in [-0.05, 0) is 63.6 Å². The summed E-state index contributed by atoms with van der Waals surface area (Å²) in [5.41, 5.74) is 2.61. The number of amides is 1. The lowest BCUT2D eigenvalue weighted by atomic mass is 10.1. The zero-order valence-electron chi connectivity index (χ0n) is 21.8. The molecule has 2 atom stereocenters. The normalized spacial score (nSPS) is 16.6. The molecule has 6 nitrogen and oxygen atoms in total. The predicted molar refractivity (Wildman–Crippen MR) is 145 cm³/mol. The lowest BCUT2D eigenvalue weighted by Gasteiger charge is -2.30. The molecule has 0 spiro atoms. The number of rotatable bonds is 11. The molecule has 0 aliphatic carbocycles. The fourth-order valence-electron chi connectivity index (χ4n) is 3.57. The van der Waals surface area contributed by atoms with Crippen LogP contribution in [0.3, 0.4) is 0 Å². The van der Waals surface area contributed by atoms with E-state index in [0.717, 1.165) is 34.9 Å². The van der Waals surface area contributed by atoms with Gasteiger partial charge in [0.2, 0.25) is 0 Å². The summed E-state index contributed by atoms with van der Waals surface area (Å²) in [5, 5.41) is 3.94. The third-order valence-electron chi connectivity index (χ3n) is 5.96. The van der Waals surface area contributed by atoms with Crippen LogP contribution >= 0.6 is 11.8 Å². The summed E-state index contributed by atoms with van der Waals surface area (Å²) < 4.78 is 20.6. The summed E-state index contributed by atoms with van der Waals surface area (Å²) in [4.78, 5) is 17.6. The minimum atomic E-state index is -1.34. The van der Waals surface area contributed by atoms with Crippen LogP contribution in [0.4, 0.5) is 5.69 Å². The van der Waals surface area contributed by atoms with Crippen molar-refractivity contribution in [2.45, 2.75) is 71.7 Å². The standard InChI is InChI=1S/C26H41N3O3S2/c1-8-10-20(5)28(7)24-13-12-22(34(31)29-14-16-32-17-15-29)18-23(24)26(30)27-25(11-9-2)33-21(6)19(3)4/h11-13,18,20H,8-10,14-17H2,1-7H3,(H,27,30)/b25-11+. The van der Waals surface area contributed by atoms with Gasteiger partial charge in [0.1, 0.15) is 11.0 Å². The minimum Gasteiger partial charge on any atom is -0.379 e. The number of nitrogens with one attached hydrogen (secondary N) is 1. The molecule has 1 N–H and O–H groups in total. The Balaban J connectivity index is 2.42. The van der Waals surface area contributed by atoms with Crippen molar-refractivity contribution in [3.8, 4) is 0 Å². The number of morpholine rings is 1. The van der Waals surface area contributed by atoms with Crippen molar-refractivity contribution in [3.63, 3.8) is 0 Å². The van der Waals surface area contributed by atoms with Gasteiger partial charge in [-0.1, -0.05) is 43.7 Å². The maximum atomic E-state index is 13.6. The average Bonchev–Trinajstić information content (AvgIpc) is 2.83. The molecule has 0 radical (unpaired) electrons. The van der Waals surface area contributed by atoms with Gasteiger partial charge in [-0.3, -0.25) is 4.79 Å². The SMILES string of the molecule is CC/C=C(\NC(=O)c1cc(S(=O)N2CCOCC2)ccc1N(C)C(C)CCC)SC(C)=C(C)C. The van der Waals surface area contributed by atoms with E-state index in [1.165, 1.54) is 5.57 Å². The zero-order valence-corrected chi connectivity index (χ0v) is 23.4. The van der Waals surface area contributed by atoms with E-state index in [-0.39, 0.29) is 11.9 Å². The molecule has 0 saturated carbocycles. The van der Waals surface area contributed by atoms with Gasteiger partial charge in [0.25, 0.3) is 5.91 Å². The summed E-state index contributed by atoms with van der Waals surface area (Å²) in [6.07, 6.45) is 4.94. The summed E-state index contributed by atoms with van der Waals surface area (Å²) >= 11 is 1.58. The molecule has 2 rings (SSSR count). The van der Waals surface area contributed by atoms with Gasteiger partial charge in [0.15, 0.2) is 0 Å². The second kappa shape index (κ2) is 14.1. The zero-order chi connectivity index (χ0) is 25.3. The van der Waals surface area contributed by atoms with Gasteiger partial charge in [0, 0.05) is 31.9 Å². The van der Waals surface area contributed by atoms with Crippen LogP contribution in [-0.2, 0) is 15.7 Å². The highest BCUT2D eigenvalue weighted by molar-refractivity contribution is 8.06. The molecule has 1 amide bonds. The van der Waals surface area contributed by atoms with E-state index in [1.54, 1.807) is 17.8 Å². The van der Waals surface area contributed by atoms with Gasteiger partial charge < -0.3 is 15.0 Å². The van der Waals surface area contributed by atoms with Crippen LogP contribution in [0.1, 0.15) is 71.2 Å². The topological polar surface area (TPSA) is 61.9 Å². The molecule has 1 aromatic rings. The number of nitrogens with zero attached hydrogens (tertiary/aromatic N) is 2. The molecule has 1 aliphatic rings. The fraction of sp³-hybridized carbons (Fsp3) is 0.577. The Hall–Kier alpha value is -1.61. The van der Waals surface area contributed by atoms with Crippen molar-refractivity contribution in [2.75, 3.05) is 38.3 Å². The number of anilines is 1. The number of hydrogen-bond acceptors (Lipinski definition) is 5. The number of carbonyl (C=O) groups is 1. The molecule has 2 unspecified atom stereocenters. The fourth-order valence-corrected chi connectivity index (χ4v) is 5.68. The third-order valence-corrected chi connectivity index (χ3v) is 8.65. The van der Waals surface area contributed by atoms with E-state index in [9.17, 15) is 9.00 Å². The molecule has 1 fully saturated rings. The summed E-state index contributed by atoms with van der Waals surface area (Å²) in [6, 6.07) is 5.90. The lowest BCUT2D eigenvalue weighted by molar-refractivity contribution is 0.0752. The van der Waals surface area contributed by atoms with Crippen molar-refractivity contribution in [1.29, 1.82) is 0 Å². The lowest BCUT2D eigenvalue weighted by Crippen LogP contribution is -2.37. The molecule has 190 valence electrons. The quantitative estimate of drug-likeness (QED) is 0.417. The Labute approximate surface area is 212 Å². The Kier molecular flexibility index (Phi) is 11.8. The summed E-state index contributed by atoms with van der Waals surface area (Å²) in [7, 11) is 0.688. The van der Waals surface area contributed by atoms with E-state index in [2.05, 4.69) is 51.8 Å². The molecule has 1 heterocycles. The van der Waals surface area contributed by atoms with E-state index < -0.39 is 11.0 Å². The van der Waals surface area contributed by atoms with Crippen molar-refractivity contribution in [2.24, 2.45) is 0 Å². The van der Waals surface area contributed by atoms with Crippen molar-refractivity contribution in [3.05, 3.63) is 45.3 Å². The van der Waals surface area contributed by atoms with E-state index >= 15 is 0 Å². The van der Waals surface area contributed by atoms with Gasteiger partial charge >= 0.3 is 0 Å². The molecule has 34 heavy (non-hydrogen) atoms. The first kappa shape index (κ1) is 28.6. The third kappa shape index (κ3) is 7.97. The smallest absolute Gasteiger partial charge is 0.258 e. The van der Waals surface area contributed by atoms with E-state index in [1.807, 2.05) is 29.6 Å². The molecule has 1 aromatic carbocycles. The molecule has 0 aromatic heterocycles. The number of hydrogen-bond donors (Lipinski definition) is 1. The number of benzene rings is 1. The molecular formula is C26H41N3O3S2. The molecule has 8 heteroatoms. The maximum Gasteiger partial charge on any atom is 0.258 e. The molecular weight excluding hydrogens is 466 g/mol. The van der Waals surface area contributed by atoms with Crippen LogP contribution in [-0.4, -0.2) is 53.8 Å². The van der Waals surface area contributed by atoms with E-state index in [0.29, 0.717) is 36.8 Å². The van der Waals surface area contributed by atoms with E-state index in [4.69, 9.17) is 4.74 Å². The van der Waals surface area contributed by atoms with Crippen LogP contribution in [0.2, 0.25) is 0 Å². The molecule has 0 bridgehead atoms. The van der Waals surface area contributed by atoms with Gasteiger partial charge in [0.05, 0.1) is 28.7 Å². The Morgan fingerprint density at radius 1 is 1.26 bits per heavy atom. The number of thioether (sulfide) groups is 1. The van der Waals surface area contributed by atoms with Crippen LogP contribution in [0.15, 0.2) is 44.7 Å². The van der Waals surface area contributed by atoms with Gasteiger partial charge in [-0.2, -0.15) is 0 Å². The predicted octanol–water partition coefficient (Wildman–Crippen LogP) is 5.69. The summed E-state index contributed by atoms with van der Waals surface area (Å²) in [6.45, 7) is 15.0. The van der Waals surface area contributed by atoms with Crippen molar-refractivity contribution in [1.82, 2.24) is 9.62 Å². The first-order valence-corrected chi connectivity index (χ1v) is 14.1. The van der Waals surface area contributed by atoms with Crippen LogP contribution in [0.25, 0.3) is 0 Å². The highest BCUT2D eigenvalue weighted by Crippen LogP contribution is 2.29. The minimum absolute atomic E-state index is 0.180.